The highest BCUT2D eigenvalue weighted by Gasteiger charge is 2.25. The Morgan fingerprint density at radius 1 is 1.09 bits per heavy atom. The Bertz CT molecular complexity index is 1280. The van der Waals surface area contributed by atoms with E-state index in [0.717, 1.165) is 0 Å². The predicted octanol–water partition coefficient (Wildman–Crippen LogP) is 1.68. The third-order valence-electron chi connectivity index (χ3n) is 5.99. The van der Waals surface area contributed by atoms with Gasteiger partial charge in [-0.05, 0) is 24.3 Å². The Morgan fingerprint density at radius 3 is 2.61 bits per heavy atom. The number of urea groups is 1. The smallest absolute Gasteiger partial charge is 0.322 e. The van der Waals surface area contributed by atoms with Crippen molar-refractivity contribution in [2.75, 3.05) is 38.0 Å². The zero-order valence-corrected chi connectivity index (χ0v) is 18.0. The van der Waals surface area contributed by atoms with Crippen molar-refractivity contribution >= 4 is 34.7 Å². The SMILES string of the molecule is CC(=O)N1CCN(C(=O)Nc2cc(-c3nc4nccc5c4n3CCNC5=O)ccc2F)CC1. The minimum absolute atomic E-state index is 0.0300. The van der Waals surface area contributed by atoms with Gasteiger partial charge in [0.05, 0.1) is 11.3 Å². The number of carbonyl (C=O) groups is 3. The molecule has 170 valence electrons. The monoisotopic (exact) mass is 451 g/mol. The normalized spacial score (nSPS) is 15.9. The Balaban J connectivity index is 1.44. The van der Waals surface area contributed by atoms with Crippen LogP contribution in [0.3, 0.4) is 0 Å². The molecule has 2 aliphatic heterocycles. The molecule has 0 atom stereocenters. The molecule has 0 spiro atoms. The number of rotatable bonds is 2. The summed E-state index contributed by atoms with van der Waals surface area (Å²) in [5.74, 6) is -0.260. The average molecular weight is 451 g/mol. The number of hydrogen-bond acceptors (Lipinski definition) is 5. The molecular weight excluding hydrogens is 429 g/mol. The van der Waals surface area contributed by atoms with Gasteiger partial charge >= 0.3 is 6.03 Å². The van der Waals surface area contributed by atoms with Crippen molar-refractivity contribution in [2.24, 2.45) is 0 Å². The molecule has 0 bridgehead atoms. The minimum atomic E-state index is -0.572. The number of pyridine rings is 1. The topological polar surface area (TPSA) is 112 Å². The molecule has 11 heteroatoms. The summed E-state index contributed by atoms with van der Waals surface area (Å²) in [4.78, 5) is 48.7. The van der Waals surface area contributed by atoms with Crippen LogP contribution in [0.5, 0.6) is 0 Å². The van der Waals surface area contributed by atoms with E-state index < -0.39 is 11.8 Å². The van der Waals surface area contributed by atoms with Gasteiger partial charge in [-0.3, -0.25) is 9.59 Å². The molecule has 10 nitrogen and oxygen atoms in total. The number of amides is 4. The van der Waals surface area contributed by atoms with E-state index in [1.54, 1.807) is 21.9 Å². The van der Waals surface area contributed by atoms with Gasteiger partial charge in [0.15, 0.2) is 5.65 Å². The number of nitrogens with zero attached hydrogens (tertiary/aromatic N) is 5. The van der Waals surface area contributed by atoms with Crippen LogP contribution in [0.2, 0.25) is 0 Å². The number of hydrogen-bond donors (Lipinski definition) is 2. The zero-order valence-electron chi connectivity index (χ0n) is 18.0. The van der Waals surface area contributed by atoms with Gasteiger partial charge in [-0.25, -0.2) is 19.2 Å². The molecule has 4 heterocycles. The molecule has 1 aromatic carbocycles. The van der Waals surface area contributed by atoms with E-state index in [-0.39, 0.29) is 17.5 Å². The molecule has 1 saturated heterocycles. The lowest BCUT2D eigenvalue weighted by molar-refractivity contribution is -0.130. The molecule has 3 aromatic rings. The van der Waals surface area contributed by atoms with Crippen molar-refractivity contribution in [1.29, 1.82) is 0 Å². The van der Waals surface area contributed by atoms with E-state index in [9.17, 15) is 18.8 Å². The summed E-state index contributed by atoms with van der Waals surface area (Å²) in [6, 6.07) is 5.61. The maximum absolute atomic E-state index is 14.6. The summed E-state index contributed by atoms with van der Waals surface area (Å²) in [7, 11) is 0. The first-order valence-electron chi connectivity index (χ1n) is 10.7. The summed E-state index contributed by atoms with van der Waals surface area (Å²) in [6.45, 7) is 4.03. The van der Waals surface area contributed by atoms with Crippen molar-refractivity contribution in [3.8, 4) is 11.4 Å². The number of piperazine rings is 1. The van der Waals surface area contributed by atoms with Gasteiger partial charge in [-0.1, -0.05) is 0 Å². The fraction of sp³-hybridized carbons (Fsp3) is 0.318. The first-order valence-corrected chi connectivity index (χ1v) is 10.7. The van der Waals surface area contributed by atoms with Crippen LogP contribution in [-0.2, 0) is 11.3 Å². The second-order valence-electron chi connectivity index (χ2n) is 7.99. The van der Waals surface area contributed by atoms with Crippen LogP contribution in [-0.4, -0.2) is 74.9 Å². The van der Waals surface area contributed by atoms with Gasteiger partial charge in [0.2, 0.25) is 5.91 Å². The highest BCUT2D eigenvalue weighted by Crippen LogP contribution is 2.30. The van der Waals surface area contributed by atoms with Crippen molar-refractivity contribution in [3.63, 3.8) is 0 Å². The van der Waals surface area contributed by atoms with E-state index in [1.807, 2.05) is 4.57 Å². The second kappa shape index (κ2) is 8.15. The van der Waals surface area contributed by atoms with E-state index >= 15 is 0 Å². The summed E-state index contributed by atoms with van der Waals surface area (Å²) < 4.78 is 16.5. The molecule has 1 fully saturated rings. The molecule has 2 aromatic heterocycles. The molecule has 0 unspecified atom stereocenters. The van der Waals surface area contributed by atoms with Gasteiger partial charge < -0.3 is 25.0 Å². The van der Waals surface area contributed by atoms with Crippen LogP contribution < -0.4 is 10.6 Å². The second-order valence-corrected chi connectivity index (χ2v) is 7.99. The van der Waals surface area contributed by atoms with Crippen LogP contribution in [0.25, 0.3) is 22.6 Å². The Labute approximate surface area is 188 Å². The molecule has 0 radical (unpaired) electrons. The minimum Gasteiger partial charge on any atom is -0.350 e. The summed E-state index contributed by atoms with van der Waals surface area (Å²) in [6.07, 6.45) is 1.53. The molecule has 2 aliphatic rings. The highest BCUT2D eigenvalue weighted by molar-refractivity contribution is 6.05. The zero-order chi connectivity index (χ0) is 23.1. The maximum atomic E-state index is 14.6. The van der Waals surface area contributed by atoms with Crippen molar-refractivity contribution < 1.29 is 18.8 Å². The number of aromatic nitrogens is 3. The molecule has 0 saturated carbocycles. The number of anilines is 1. The van der Waals surface area contributed by atoms with Crippen molar-refractivity contribution in [2.45, 2.75) is 13.5 Å². The number of nitrogens with one attached hydrogen (secondary N) is 2. The van der Waals surface area contributed by atoms with Crippen LogP contribution in [0, 0.1) is 5.82 Å². The highest BCUT2D eigenvalue weighted by atomic mass is 19.1. The van der Waals surface area contributed by atoms with Gasteiger partial charge in [0.25, 0.3) is 5.91 Å². The maximum Gasteiger partial charge on any atom is 0.322 e. The van der Waals surface area contributed by atoms with Gasteiger partial charge in [-0.15, -0.1) is 0 Å². The molecule has 2 N–H and O–H groups in total. The van der Waals surface area contributed by atoms with E-state index in [2.05, 4.69) is 20.6 Å². The number of benzene rings is 1. The largest absolute Gasteiger partial charge is 0.350 e. The van der Waals surface area contributed by atoms with E-state index in [4.69, 9.17) is 0 Å². The third-order valence-corrected chi connectivity index (χ3v) is 5.99. The summed E-state index contributed by atoms with van der Waals surface area (Å²) in [5, 5.41) is 5.49. The number of carbonyl (C=O) groups excluding carboxylic acids is 3. The Morgan fingerprint density at radius 2 is 1.85 bits per heavy atom. The Kier molecular flexibility index (Phi) is 5.15. The molecular formula is C22H22FN7O3. The summed E-state index contributed by atoms with van der Waals surface area (Å²) >= 11 is 0. The van der Waals surface area contributed by atoms with E-state index in [0.29, 0.717) is 67.4 Å². The van der Waals surface area contributed by atoms with Crippen molar-refractivity contribution in [1.82, 2.24) is 29.7 Å². The van der Waals surface area contributed by atoms with Crippen LogP contribution in [0.4, 0.5) is 14.9 Å². The first-order chi connectivity index (χ1) is 15.9. The van der Waals surface area contributed by atoms with E-state index in [1.165, 1.54) is 25.3 Å². The third kappa shape index (κ3) is 3.75. The fourth-order valence-electron chi connectivity index (χ4n) is 4.23. The van der Waals surface area contributed by atoms with Gasteiger partial charge in [-0.2, -0.15) is 0 Å². The van der Waals surface area contributed by atoms with Gasteiger partial charge in [0.1, 0.15) is 17.2 Å². The summed E-state index contributed by atoms with van der Waals surface area (Å²) in [5.41, 5.74) is 2.16. The standard InChI is InChI=1S/C22H22FN7O3/c1-13(31)28-8-10-29(11-9-28)22(33)26-17-12-14(2-3-16(17)23)20-27-19-18-15(4-5-24-19)21(32)25-6-7-30(18)20/h2-5,12H,6-11H2,1H3,(H,25,32)(H,26,33). The molecule has 33 heavy (non-hydrogen) atoms. The Hall–Kier alpha value is -4.02. The van der Waals surface area contributed by atoms with Crippen LogP contribution in [0.15, 0.2) is 30.5 Å². The lowest BCUT2D eigenvalue weighted by Crippen LogP contribution is -2.51. The molecule has 5 rings (SSSR count). The molecule has 4 amide bonds. The van der Waals surface area contributed by atoms with Crippen LogP contribution in [0.1, 0.15) is 17.3 Å². The number of imidazole rings is 1. The lowest BCUT2D eigenvalue weighted by Gasteiger charge is -2.34. The quantitative estimate of drug-likeness (QED) is 0.616. The lowest BCUT2D eigenvalue weighted by atomic mass is 10.1. The first kappa shape index (κ1) is 20.9. The molecule has 0 aliphatic carbocycles. The predicted molar refractivity (Wildman–Crippen MR) is 118 cm³/mol. The fourth-order valence-corrected chi connectivity index (χ4v) is 4.23. The average Bonchev–Trinajstić information content (AvgIpc) is 3.09. The van der Waals surface area contributed by atoms with Crippen LogP contribution >= 0.6 is 0 Å². The van der Waals surface area contributed by atoms with Gasteiger partial charge in [0, 0.05) is 58.0 Å². The number of halogens is 1. The van der Waals surface area contributed by atoms with Crippen molar-refractivity contribution in [3.05, 3.63) is 41.8 Å².